The Morgan fingerprint density at radius 3 is 2.79 bits per heavy atom. The van der Waals surface area contributed by atoms with Crippen LogP contribution in [0.5, 0.6) is 0 Å². The maximum atomic E-state index is 13.1. The molecule has 0 spiro atoms. The van der Waals surface area contributed by atoms with Gasteiger partial charge in [-0.25, -0.2) is 4.39 Å². The fourth-order valence-electron chi connectivity index (χ4n) is 1.76. The van der Waals surface area contributed by atoms with Crippen molar-refractivity contribution in [3.63, 3.8) is 0 Å². The number of benzene rings is 1. The molecule has 19 heavy (non-hydrogen) atoms. The van der Waals surface area contributed by atoms with Gasteiger partial charge in [-0.05, 0) is 37.6 Å². The Morgan fingerprint density at radius 2 is 2.21 bits per heavy atom. The number of nitrogens with one attached hydrogen (secondary N) is 1. The van der Waals surface area contributed by atoms with Crippen molar-refractivity contribution in [1.82, 2.24) is 5.32 Å². The van der Waals surface area contributed by atoms with Gasteiger partial charge in [-0.2, -0.15) is 0 Å². The quantitative estimate of drug-likeness (QED) is 0.321. The van der Waals surface area contributed by atoms with Crippen LogP contribution in [0.4, 0.5) is 4.39 Å². The van der Waals surface area contributed by atoms with Crippen LogP contribution in [0.2, 0.25) is 0 Å². The third kappa shape index (κ3) is 4.52. The highest BCUT2D eigenvalue weighted by molar-refractivity contribution is 5.85. The van der Waals surface area contributed by atoms with Crippen molar-refractivity contribution in [2.24, 2.45) is 16.3 Å². The van der Waals surface area contributed by atoms with Crippen molar-refractivity contribution in [2.45, 2.75) is 33.2 Å². The summed E-state index contributed by atoms with van der Waals surface area (Å²) in [5.74, 6) is -0.0177. The number of hydrogen-bond donors (Lipinski definition) is 3. The highest BCUT2D eigenvalue weighted by Gasteiger charge is 2.23. The van der Waals surface area contributed by atoms with Crippen LogP contribution in [0.25, 0.3) is 0 Å². The van der Waals surface area contributed by atoms with Crippen molar-refractivity contribution in [2.75, 3.05) is 6.54 Å². The highest BCUT2D eigenvalue weighted by atomic mass is 19.1. The Morgan fingerprint density at radius 1 is 1.53 bits per heavy atom. The standard InChI is InChI=1S/C14H22FN3O/c1-10(11-5-4-6-12(15)9-11)17-8-7-14(2,3)13(16)18-19/h4-6,9-10,17,19H,7-8H2,1-3H3,(H2,16,18)/t10-/m0/s1. The molecule has 0 aliphatic heterocycles. The number of nitrogens with zero attached hydrogens (tertiary/aromatic N) is 1. The molecule has 0 saturated carbocycles. The van der Waals surface area contributed by atoms with E-state index < -0.39 is 0 Å². The summed E-state index contributed by atoms with van der Waals surface area (Å²) in [6, 6.07) is 6.58. The molecule has 0 aromatic heterocycles. The first-order valence-electron chi connectivity index (χ1n) is 6.33. The summed E-state index contributed by atoms with van der Waals surface area (Å²) < 4.78 is 13.1. The Balaban J connectivity index is 2.50. The van der Waals surface area contributed by atoms with Gasteiger partial charge in [-0.3, -0.25) is 0 Å². The number of amidine groups is 1. The molecule has 1 atom stereocenters. The lowest BCUT2D eigenvalue weighted by Crippen LogP contribution is -2.35. The van der Waals surface area contributed by atoms with Gasteiger partial charge in [0.1, 0.15) is 11.7 Å². The molecule has 5 heteroatoms. The molecule has 0 unspecified atom stereocenters. The third-order valence-corrected chi connectivity index (χ3v) is 3.35. The van der Waals surface area contributed by atoms with Crippen LogP contribution in [0.15, 0.2) is 29.4 Å². The zero-order valence-electron chi connectivity index (χ0n) is 11.7. The van der Waals surface area contributed by atoms with E-state index in [4.69, 9.17) is 10.9 Å². The lowest BCUT2D eigenvalue weighted by molar-refractivity contribution is 0.304. The van der Waals surface area contributed by atoms with Gasteiger partial charge in [0.2, 0.25) is 0 Å². The molecular formula is C14H22FN3O. The van der Waals surface area contributed by atoms with Gasteiger partial charge in [0.05, 0.1) is 0 Å². The minimum Gasteiger partial charge on any atom is -0.409 e. The SMILES string of the molecule is C[C@H](NCCC(C)(C)/C(N)=N/O)c1cccc(F)c1. The van der Waals surface area contributed by atoms with Gasteiger partial charge in [0, 0.05) is 11.5 Å². The van der Waals surface area contributed by atoms with Crippen LogP contribution in [-0.4, -0.2) is 17.6 Å². The van der Waals surface area contributed by atoms with Crippen LogP contribution in [0.1, 0.15) is 38.8 Å². The molecule has 0 bridgehead atoms. The predicted octanol–water partition coefficient (Wildman–Crippen LogP) is 2.64. The number of rotatable bonds is 6. The zero-order chi connectivity index (χ0) is 14.5. The summed E-state index contributed by atoms with van der Waals surface area (Å²) in [5, 5.41) is 15.0. The van der Waals surface area contributed by atoms with Crippen LogP contribution in [-0.2, 0) is 0 Å². The van der Waals surface area contributed by atoms with Gasteiger partial charge in [0.15, 0.2) is 0 Å². The lowest BCUT2D eigenvalue weighted by atomic mass is 9.88. The van der Waals surface area contributed by atoms with Crippen molar-refractivity contribution in [3.05, 3.63) is 35.6 Å². The lowest BCUT2D eigenvalue weighted by Gasteiger charge is -2.24. The average molecular weight is 267 g/mol. The monoisotopic (exact) mass is 267 g/mol. The van der Waals surface area contributed by atoms with E-state index in [9.17, 15) is 4.39 Å². The number of hydrogen-bond acceptors (Lipinski definition) is 3. The summed E-state index contributed by atoms with van der Waals surface area (Å²) in [4.78, 5) is 0. The summed E-state index contributed by atoms with van der Waals surface area (Å²) in [7, 11) is 0. The van der Waals surface area contributed by atoms with E-state index >= 15 is 0 Å². The van der Waals surface area contributed by atoms with Crippen LogP contribution < -0.4 is 11.1 Å². The molecule has 106 valence electrons. The number of halogens is 1. The molecule has 1 aromatic rings. The largest absolute Gasteiger partial charge is 0.409 e. The molecule has 0 fully saturated rings. The van der Waals surface area contributed by atoms with Gasteiger partial charge in [0.25, 0.3) is 0 Å². The topological polar surface area (TPSA) is 70.6 Å². The van der Waals surface area contributed by atoms with E-state index in [1.165, 1.54) is 12.1 Å². The van der Waals surface area contributed by atoms with Gasteiger partial charge < -0.3 is 16.3 Å². The van der Waals surface area contributed by atoms with E-state index in [0.29, 0.717) is 6.54 Å². The normalized spacial score (nSPS) is 14.4. The van der Waals surface area contributed by atoms with E-state index in [0.717, 1.165) is 12.0 Å². The second kappa shape index (κ2) is 6.52. The fourth-order valence-corrected chi connectivity index (χ4v) is 1.76. The smallest absolute Gasteiger partial charge is 0.144 e. The van der Waals surface area contributed by atoms with E-state index in [2.05, 4.69) is 10.5 Å². The summed E-state index contributed by atoms with van der Waals surface area (Å²) in [6.07, 6.45) is 0.725. The predicted molar refractivity (Wildman–Crippen MR) is 74.6 cm³/mol. The zero-order valence-corrected chi connectivity index (χ0v) is 11.7. The van der Waals surface area contributed by atoms with Crippen molar-refractivity contribution in [3.8, 4) is 0 Å². The first-order chi connectivity index (χ1) is 8.86. The van der Waals surface area contributed by atoms with E-state index in [1.54, 1.807) is 6.07 Å². The Kier molecular flexibility index (Phi) is 5.30. The molecule has 4 nitrogen and oxygen atoms in total. The molecule has 1 aromatic carbocycles. The van der Waals surface area contributed by atoms with Gasteiger partial charge in [-0.1, -0.05) is 31.1 Å². The Bertz CT molecular complexity index is 446. The third-order valence-electron chi connectivity index (χ3n) is 3.35. The second-order valence-corrected chi connectivity index (χ2v) is 5.35. The first-order valence-corrected chi connectivity index (χ1v) is 6.33. The minimum absolute atomic E-state index is 0.0544. The molecule has 0 aliphatic rings. The summed E-state index contributed by atoms with van der Waals surface area (Å²) >= 11 is 0. The maximum absolute atomic E-state index is 13.1. The van der Waals surface area contributed by atoms with Crippen LogP contribution >= 0.6 is 0 Å². The first kappa shape index (κ1) is 15.4. The fraction of sp³-hybridized carbons (Fsp3) is 0.500. The maximum Gasteiger partial charge on any atom is 0.144 e. The number of nitrogens with two attached hydrogens (primary N) is 1. The van der Waals surface area contributed by atoms with Crippen molar-refractivity contribution < 1.29 is 9.60 Å². The number of oxime groups is 1. The summed E-state index contributed by atoms with van der Waals surface area (Å²) in [6.45, 7) is 6.50. The van der Waals surface area contributed by atoms with Gasteiger partial charge >= 0.3 is 0 Å². The van der Waals surface area contributed by atoms with Crippen molar-refractivity contribution >= 4 is 5.84 Å². The molecule has 0 saturated heterocycles. The molecular weight excluding hydrogens is 245 g/mol. The second-order valence-electron chi connectivity index (χ2n) is 5.35. The van der Waals surface area contributed by atoms with Crippen LogP contribution in [0, 0.1) is 11.2 Å². The molecule has 1 rings (SSSR count). The van der Waals surface area contributed by atoms with E-state index in [1.807, 2.05) is 26.8 Å². The van der Waals surface area contributed by atoms with Crippen molar-refractivity contribution in [1.29, 1.82) is 0 Å². The molecule has 0 aliphatic carbocycles. The molecule has 0 heterocycles. The minimum atomic E-state index is -0.372. The Hall–Kier alpha value is -1.62. The molecule has 0 radical (unpaired) electrons. The van der Waals surface area contributed by atoms with Gasteiger partial charge in [-0.15, -0.1) is 0 Å². The Labute approximate surface area is 113 Å². The average Bonchev–Trinajstić information content (AvgIpc) is 2.37. The van der Waals surface area contributed by atoms with E-state index in [-0.39, 0.29) is 23.1 Å². The van der Waals surface area contributed by atoms with Crippen LogP contribution in [0.3, 0.4) is 0 Å². The summed E-state index contributed by atoms with van der Waals surface area (Å²) in [5.41, 5.74) is 6.15. The highest BCUT2D eigenvalue weighted by Crippen LogP contribution is 2.20. The molecule has 4 N–H and O–H groups in total. The molecule has 0 amide bonds.